The highest BCUT2D eigenvalue weighted by atomic mass is 16.5. The van der Waals surface area contributed by atoms with Crippen LogP contribution in [0.2, 0.25) is 0 Å². The van der Waals surface area contributed by atoms with Gasteiger partial charge in [-0.1, -0.05) is 25.5 Å². The van der Waals surface area contributed by atoms with Crippen molar-refractivity contribution in [3.8, 4) is 0 Å². The summed E-state index contributed by atoms with van der Waals surface area (Å²) in [6, 6.07) is 0. The fourth-order valence-electron chi connectivity index (χ4n) is 2.80. The van der Waals surface area contributed by atoms with Crippen molar-refractivity contribution >= 4 is 5.78 Å². The number of hydrogen-bond donors (Lipinski definition) is 0. The Morgan fingerprint density at radius 1 is 1.53 bits per heavy atom. The van der Waals surface area contributed by atoms with Gasteiger partial charge in [-0.2, -0.15) is 0 Å². The molecule has 1 aliphatic carbocycles. The van der Waals surface area contributed by atoms with Crippen LogP contribution in [0.4, 0.5) is 0 Å². The predicted octanol–water partition coefficient (Wildman–Crippen LogP) is 4.53. The molecule has 0 N–H and O–H groups in total. The summed E-state index contributed by atoms with van der Waals surface area (Å²) in [5, 5.41) is 0. The van der Waals surface area contributed by atoms with Crippen LogP contribution in [-0.4, -0.2) is 18.5 Å². The Hall–Kier alpha value is -0.630. The van der Waals surface area contributed by atoms with E-state index >= 15 is 0 Å². The predicted molar refractivity (Wildman–Crippen MR) is 80.2 cm³/mol. The summed E-state index contributed by atoms with van der Waals surface area (Å²) in [6.45, 7) is 10.3. The average Bonchev–Trinajstić information content (AvgIpc) is 2.33. The van der Waals surface area contributed by atoms with Gasteiger partial charge in [-0.25, -0.2) is 0 Å². The maximum Gasteiger partial charge on any atom is 0.136 e. The van der Waals surface area contributed by atoms with Gasteiger partial charge in [0, 0.05) is 12.5 Å². The van der Waals surface area contributed by atoms with Crippen LogP contribution in [0.1, 0.15) is 66.7 Å². The molecule has 2 nitrogen and oxygen atoms in total. The van der Waals surface area contributed by atoms with Gasteiger partial charge in [0.25, 0.3) is 0 Å². The Morgan fingerprint density at radius 3 is 2.63 bits per heavy atom. The van der Waals surface area contributed by atoms with E-state index in [1.807, 2.05) is 0 Å². The number of hydrogen-bond acceptors (Lipinski definition) is 2. The fraction of sp³-hybridized carbons (Fsp3) is 0.824. The van der Waals surface area contributed by atoms with Gasteiger partial charge in [0.2, 0.25) is 0 Å². The second-order valence-electron chi connectivity index (χ2n) is 6.96. The van der Waals surface area contributed by atoms with Crippen molar-refractivity contribution in [3.63, 3.8) is 0 Å². The van der Waals surface area contributed by atoms with Crippen molar-refractivity contribution in [2.45, 2.75) is 72.3 Å². The van der Waals surface area contributed by atoms with Crippen LogP contribution in [0, 0.1) is 11.3 Å². The molecule has 0 radical (unpaired) electrons. The zero-order valence-electron chi connectivity index (χ0n) is 13.5. The van der Waals surface area contributed by atoms with Crippen LogP contribution in [-0.2, 0) is 9.53 Å². The first kappa shape index (κ1) is 16.4. The standard InChI is InChI=1S/C17H30O2/c1-13-12-15(8-7-10-16(3,4)19-6)9-11-17(13,5)14(2)18/h9,13H,7-8,10-12H2,1-6H3. The molecule has 0 spiro atoms. The van der Waals surface area contributed by atoms with Crippen molar-refractivity contribution in [2.24, 2.45) is 11.3 Å². The van der Waals surface area contributed by atoms with Crippen LogP contribution >= 0.6 is 0 Å². The van der Waals surface area contributed by atoms with Gasteiger partial charge < -0.3 is 4.74 Å². The summed E-state index contributed by atoms with van der Waals surface area (Å²) in [5.74, 6) is 0.788. The Balaban J connectivity index is 2.51. The normalized spacial score (nSPS) is 28.1. The number of carbonyl (C=O) groups is 1. The molecule has 2 unspecified atom stereocenters. The van der Waals surface area contributed by atoms with Gasteiger partial charge in [0.15, 0.2) is 0 Å². The summed E-state index contributed by atoms with van der Waals surface area (Å²) in [5.41, 5.74) is 1.36. The molecule has 0 aromatic heterocycles. The van der Waals surface area contributed by atoms with Crippen molar-refractivity contribution in [1.82, 2.24) is 0 Å². The fourth-order valence-corrected chi connectivity index (χ4v) is 2.80. The smallest absolute Gasteiger partial charge is 0.136 e. The minimum Gasteiger partial charge on any atom is -0.379 e. The molecule has 0 fully saturated rings. The van der Waals surface area contributed by atoms with Crippen molar-refractivity contribution in [2.75, 3.05) is 7.11 Å². The van der Waals surface area contributed by atoms with E-state index in [0.717, 1.165) is 32.1 Å². The van der Waals surface area contributed by atoms with E-state index in [9.17, 15) is 4.79 Å². The lowest BCUT2D eigenvalue weighted by molar-refractivity contribution is -0.128. The zero-order chi connectivity index (χ0) is 14.7. The lowest BCUT2D eigenvalue weighted by atomic mass is 9.66. The summed E-state index contributed by atoms with van der Waals surface area (Å²) in [7, 11) is 1.78. The summed E-state index contributed by atoms with van der Waals surface area (Å²) in [4.78, 5) is 11.8. The number of Topliss-reactive ketones (excluding diaryl/α,β-unsaturated/α-hetero) is 1. The zero-order valence-corrected chi connectivity index (χ0v) is 13.5. The van der Waals surface area contributed by atoms with E-state index in [1.165, 1.54) is 5.57 Å². The first-order valence-electron chi connectivity index (χ1n) is 7.45. The first-order chi connectivity index (χ1) is 8.71. The second kappa shape index (κ2) is 6.21. The van der Waals surface area contributed by atoms with E-state index in [4.69, 9.17) is 4.74 Å². The maximum absolute atomic E-state index is 11.8. The van der Waals surface area contributed by atoms with E-state index in [1.54, 1.807) is 14.0 Å². The van der Waals surface area contributed by atoms with Crippen molar-refractivity contribution in [1.29, 1.82) is 0 Å². The second-order valence-corrected chi connectivity index (χ2v) is 6.96. The van der Waals surface area contributed by atoms with Crippen molar-refractivity contribution < 1.29 is 9.53 Å². The third-order valence-electron chi connectivity index (χ3n) is 5.10. The minimum absolute atomic E-state index is 0.0191. The molecule has 2 atom stereocenters. The van der Waals surface area contributed by atoms with Gasteiger partial charge >= 0.3 is 0 Å². The molecular weight excluding hydrogens is 236 g/mol. The van der Waals surface area contributed by atoms with Gasteiger partial charge in [-0.3, -0.25) is 4.79 Å². The summed E-state index contributed by atoms with van der Waals surface area (Å²) < 4.78 is 5.45. The van der Waals surface area contributed by atoms with Crippen LogP contribution in [0.5, 0.6) is 0 Å². The average molecular weight is 266 g/mol. The molecule has 0 bridgehead atoms. The summed E-state index contributed by atoms with van der Waals surface area (Å²) >= 11 is 0. The first-order valence-corrected chi connectivity index (χ1v) is 7.45. The highest BCUT2D eigenvalue weighted by molar-refractivity contribution is 5.82. The van der Waals surface area contributed by atoms with E-state index in [0.29, 0.717) is 11.7 Å². The number of allylic oxidation sites excluding steroid dienone is 2. The van der Waals surface area contributed by atoms with Gasteiger partial charge in [0.05, 0.1) is 5.60 Å². The van der Waals surface area contributed by atoms with E-state index < -0.39 is 0 Å². The summed E-state index contributed by atoms with van der Waals surface area (Å²) in [6.07, 6.45) is 7.68. The molecule has 0 saturated carbocycles. The van der Waals surface area contributed by atoms with Gasteiger partial charge in [-0.05, 0) is 58.8 Å². The highest BCUT2D eigenvalue weighted by Crippen LogP contribution is 2.42. The SMILES string of the molecule is COC(C)(C)CCCC1=CCC(C)(C(C)=O)C(C)C1. The Morgan fingerprint density at radius 2 is 2.16 bits per heavy atom. The van der Waals surface area contributed by atoms with E-state index in [-0.39, 0.29) is 11.0 Å². The van der Waals surface area contributed by atoms with Crippen LogP contribution < -0.4 is 0 Å². The van der Waals surface area contributed by atoms with Gasteiger partial charge in [0.1, 0.15) is 5.78 Å². The number of ketones is 1. The molecule has 0 heterocycles. The molecule has 19 heavy (non-hydrogen) atoms. The number of rotatable bonds is 6. The van der Waals surface area contributed by atoms with Crippen LogP contribution in [0.3, 0.4) is 0 Å². The van der Waals surface area contributed by atoms with Crippen LogP contribution in [0.25, 0.3) is 0 Å². The monoisotopic (exact) mass is 266 g/mol. The number of ether oxygens (including phenoxy) is 1. The lowest BCUT2D eigenvalue weighted by Gasteiger charge is -2.37. The Bertz CT molecular complexity index is 354. The maximum atomic E-state index is 11.8. The number of methoxy groups -OCH3 is 1. The quantitative estimate of drug-likeness (QED) is 0.660. The third kappa shape index (κ3) is 4.17. The Kier molecular flexibility index (Phi) is 5.37. The molecule has 1 rings (SSSR count). The molecule has 0 amide bonds. The third-order valence-corrected chi connectivity index (χ3v) is 5.10. The molecule has 2 heteroatoms. The highest BCUT2D eigenvalue weighted by Gasteiger charge is 2.37. The van der Waals surface area contributed by atoms with E-state index in [2.05, 4.69) is 33.8 Å². The Labute approximate surface area is 118 Å². The largest absolute Gasteiger partial charge is 0.379 e. The van der Waals surface area contributed by atoms with Gasteiger partial charge in [-0.15, -0.1) is 0 Å². The molecule has 110 valence electrons. The minimum atomic E-state index is -0.144. The molecular formula is C17H30O2. The molecule has 0 aromatic carbocycles. The molecule has 0 aromatic rings. The molecule has 1 aliphatic rings. The molecule has 0 aliphatic heterocycles. The molecule has 0 saturated heterocycles. The van der Waals surface area contributed by atoms with Crippen LogP contribution in [0.15, 0.2) is 11.6 Å². The topological polar surface area (TPSA) is 26.3 Å². The lowest BCUT2D eigenvalue weighted by Crippen LogP contribution is -2.35. The number of carbonyl (C=O) groups excluding carboxylic acids is 1. The van der Waals surface area contributed by atoms with Crippen molar-refractivity contribution in [3.05, 3.63) is 11.6 Å².